The van der Waals surface area contributed by atoms with Gasteiger partial charge < -0.3 is 5.11 Å². The highest BCUT2D eigenvalue weighted by Gasteiger charge is 2.68. The van der Waals surface area contributed by atoms with E-state index in [-0.39, 0.29) is 17.5 Å². The van der Waals surface area contributed by atoms with Gasteiger partial charge in [-0.05, 0) is 37.3 Å². The Labute approximate surface area is 163 Å². The number of anilines is 1. The van der Waals surface area contributed by atoms with E-state index in [2.05, 4.69) is 10.1 Å². The summed E-state index contributed by atoms with van der Waals surface area (Å²) in [7, 11) is 0. The summed E-state index contributed by atoms with van der Waals surface area (Å²) >= 11 is 6.90. The highest BCUT2D eigenvalue weighted by molar-refractivity contribution is 7.14. The van der Waals surface area contributed by atoms with E-state index in [4.69, 9.17) is 11.6 Å². The first-order chi connectivity index (χ1) is 12.7. The van der Waals surface area contributed by atoms with Crippen molar-refractivity contribution in [3.63, 3.8) is 0 Å². The molecule has 1 aromatic heterocycles. The second-order valence-corrected chi connectivity index (χ2v) is 8.35. The number of hydrogen-bond donors (Lipinski definition) is 1. The number of thiazole rings is 1. The van der Waals surface area contributed by atoms with Crippen LogP contribution in [0.4, 0.5) is 18.3 Å². The van der Waals surface area contributed by atoms with Crippen LogP contribution in [0.15, 0.2) is 34.7 Å². The molecule has 1 aromatic carbocycles. The summed E-state index contributed by atoms with van der Waals surface area (Å²) in [5.74, 6) is -0.965. The molecule has 1 fully saturated rings. The first-order valence-electron chi connectivity index (χ1n) is 8.58. The van der Waals surface area contributed by atoms with Crippen LogP contribution in [0.5, 0.6) is 0 Å². The molecule has 144 valence electrons. The van der Waals surface area contributed by atoms with Crippen LogP contribution in [0.1, 0.15) is 26.2 Å². The molecule has 0 radical (unpaired) electrons. The first kappa shape index (κ1) is 18.7. The Bertz CT molecular complexity index is 883. The van der Waals surface area contributed by atoms with Gasteiger partial charge in [-0.1, -0.05) is 30.7 Å². The number of aliphatic hydroxyl groups is 1. The van der Waals surface area contributed by atoms with E-state index in [9.17, 15) is 18.3 Å². The van der Waals surface area contributed by atoms with Crippen molar-refractivity contribution in [2.75, 3.05) is 5.01 Å². The molecule has 2 aromatic rings. The van der Waals surface area contributed by atoms with E-state index in [1.165, 1.54) is 0 Å². The minimum Gasteiger partial charge on any atom is -0.362 e. The quantitative estimate of drug-likeness (QED) is 0.721. The van der Waals surface area contributed by atoms with Crippen molar-refractivity contribution in [1.82, 2.24) is 4.98 Å². The van der Waals surface area contributed by atoms with Crippen molar-refractivity contribution in [3.8, 4) is 11.3 Å². The van der Waals surface area contributed by atoms with Crippen LogP contribution in [-0.4, -0.2) is 27.7 Å². The van der Waals surface area contributed by atoms with Crippen LogP contribution in [0.2, 0.25) is 5.02 Å². The van der Waals surface area contributed by atoms with E-state index in [0.29, 0.717) is 27.9 Å². The number of benzene rings is 1. The van der Waals surface area contributed by atoms with Gasteiger partial charge in [0.25, 0.3) is 5.72 Å². The monoisotopic (exact) mass is 415 g/mol. The highest BCUT2D eigenvalue weighted by atomic mass is 35.5. The number of nitrogens with zero attached hydrogens (tertiary/aromatic N) is 3. The number of hydrogen-bond acceptors (Lipinski definition) is 5. The molecule has 4 rings (SSSR count). The molecular formula is C18H17ClF3N3OS. The maximum atomic E-state index is 14.0. The predicted molar refractivity (Wildman–Crippen MR) is 100.0 cm³/mol. The highest BCUT2D eigenvalue weighted by Crippen LogP contribution is 2.51. The van der Waals surface area contributed by atoms with Crippen LogP contribution in [0, 0.1) is 11.8 Å². The molecule has 1 saturated carbocycles. The predicted octanol–water partition coefficient (Wildman–Crippen LogP) is 5.33. The number of alkyl halides is 3. The van der Waals surface area contributed by atoms with Gasteiger partial charge in [-0.25, -0.2) is 4.98 Å². The van der Waals surface area contributed by atoms with Crippen LogP contribution < -0.4 is 5.01 Å². The lowest BCUT2D eigenvalue weighted by Crippen LogP contribution is -2.60. The Morgan fingerprint density at radius 3 is 2.67 bits per heavy atom. The molecule has 9 heteroatoms. The van der Waals surface area contributed by atoms with Gasteiger partial charge >= 0.3 is 6.18 Å². The summed E-state index contributed by atoms with van der Waals surface area (Å²) in [6, 6.07) is 6.87. The van der Waals surface area contributed by atoms with Gasteiger partial charge in [0, 0.05) is 21.7 Å². The molecule has 0 amide bonds. The zero-order valence-electron chi connectivity index (χ0n) is 14.4. The molecule has 27 heavy (non-hydrogen) atoms. The van der Waals surface area contributed by atoms with E-state index in [1.54, 1.807) is 29.6 Å². The minimum atomic E-state index is -4.86. The standard InChI is InChI=1S/C18H17ClF3N3OS/c1-10-2-7-14-13(8-10)17(26,18(20,21)22)25(24-14)16-23-15(9-27-16)11-3-5-12(19)6-4-11/h3-6,9-10,13,26H,2,7-8H2,1H3/t10-,13+,17+/m1/s1. The van der Waals surface area contributed by atoms with Crippen molar-refractivity contribution in [3.05, 3.63) is 34.7 Å². The van der Waals surface area contributed by atoms with E-state index >= 15 is 0 Å². The van der Waals surface area contributed by atoms with Gasteiger partial charge in [0.1, 0.15) is 0 Å². The third kappa shape index (κ3) is 3.03. The Kier molecular flexibility index (Phi) is 4.48. The van der Waals surface area contributed by atoms with Crippen LogP contribution in [-0.2, 0) is 0 Å². The summed E-state index contributed by atoms with van der Waals surface area (Å²) in [6.45, 7) is 1.90. The Balaban J connectivity index is 1.74. The largest absolute Gasteiger partial charge is 0.439 e. The summed E-state index contributed by atoms with van der Waals surface area (Å²) in [5.41, 5.74) is -1.42. The van der Waals surface area contributed by atoms with Gasteiger partial charge in [-0.15, -0.1) is 11.3 Å². The van der Waals surface area contributed by atoms with Gasteiger partial charge in [0.2, 0.25) is 5.13 Å². The lowest BCUT2D eigenvalue weighted by atomic mass is 9.76. The molecule has 1 N–H and O–H groups in total. The molecular weight excluding hydrogens is 399 g/mol. The molecule has 2 aliphatic rings. The van der Waals surface area contributed by atoms with Crippen LogP contribution in [0.3, 0.4) is 0 Å². The van der Waals surface area contributed by atoms with Gasteiger partial charge in [-0.3, -0.25) is 0 Å². The maximum Gasteiger partial charge on any atom is 0.439 e. The zero-order valence-corrected chi connectivity index (χ0v) is 15.9. The number of rotatable bonds is 2. The Morgan fingerprint density at radius 2 is 2.00 bits per heavy atom. The summed E-state index contributed by atoms with van der Waals surface area (Å²) in [5, 5.41) is 17.9. The molecule has 2 heterocycles. The fourth-order valence-electron chi connectivity index (χ4n) is 3.71. The van der Waals surface area contributed by atoms with Crippen molar-refractivity contribution in [2.45, 2.75) is 38.1 Å². The number of halogens is 4. The molecule has 0 spiro atoms. The topological polar surface area (TPSA) is 48.7 Å². The smallest absolute Gasteiger partial charge is 0.362 e. The lowest BCUT2D eigenvalue weighted by molar-refractivity contribution is -0.269. The van der Waals surface area contributed by atoms with E-state index in [1.807, 2.05) is 6.92 Å². The zero-order chi connectivity index (χ0) is 19.4. The molecule has 0 saturated heterocycles. The fraction of sp³-hybridized carbons (Fsp3) is 0.444. The van der Waals surface area contributed by atoms with Crippen molar-refractivity contribution >= 4 is 33.8 Å². The van der Waals surface area contributed by atoms with Crippen molar-refractivity contribution in [2.24, 2.45) is 16.9 Å². The Morgan fingerprint density at radius 1 is 1.30 bits per heavy atom. The van der Waals surface area contributed by atoms with E-state index in [0.717, 1.165) is 23.3 Å². The van der Waals surface area contributed by atoms with E-state index < -0.39 is 17.8 Å². The third-order valence-corrected chi connectivity index (χ3v) is 6.27. The molecule has 3 atom stereocenters. The maximum absolute atomic E-state index is 14.0. The summed E-state index contributed by atoms with van der Waals surface area (Å²) < 4.78 is 41.9. The first-order valence-corrected chi connectivity index (χ1v) is 9.84. The van der Waals surface area contributed by atoms with Gasteiger partial charge in [0.05, 0.1) is 11.6 Å². The van der Waals surface area contributed by atoms with Gasteiger partial charge in [-0.2, -0.15) is 23.3 Å². The van der Waals surface area contributed by atoms with Crippen LogP contribution >= 0.6 is 22.9 Å². The second kappa shape index (κ2) is 6.46. The average molecular weight is 416 g/mol. The Hall–Kier alpha value is -1.64. The summed E-state index contributed by atoms with van der Waals surface area (Å²) in [4.78, 5) is 4.31. The molecule has 0 bridgehead atoms. The number of hydrazone groups is 1. The normalized spacial score (nSPS) is 28.2. The minimum absolute atomic E-state index is 0.0225. The average Bonchev–Trinajstić information content (AvgIpc) is 3.19. The van der Waals surface area contributed by atoms with Crippen molar-refractivity contribution in [1.29, 1.82) is 0 Å². The molecule has 1 aliphatic heterocycles. The number of aromatic nitrogens is 1. The summed E-state index contributed by atoms with van der Waals surface area (Å²) in [6.07, 6.45) is -3.38. The lowest BCUT2D eigenvalue weighted by Gasteiger charge is -2.39. The second-order valence-electron chi connectivity index (χ2n) is 7.08. The van der Waals surface area contributed by atoms with Gasteiger partial charge in [0.15, 0.2) is 0 Å². The fourth-order valence-corrected chi connectivity index (χ4v) is 4.68. The SMILES string of the molecule is C[C@@H]1CCC2=NN(c3nc(-c4ccc(Cl)cc4)cs3)[C@@](O)(C(F)(F)F)[C@H]2C1. The number of fused-ring (bicyclic) bond motifs is 1. The molecule has 1 aliphatic carbocycles. The molecule has 0 unspecified atom stereocenters. The third-order valence-electron chi connectivity index (χ3n) is 5.20. The van der Waals surface area contributed by atoms with Crippen LogP contribution in [0.25, 0.3) is 11.3 Å². The van der Waals surface area contributed by atoms with Crippen molar-refractivity contribution < 1.29 is 18.3 Å². The molecule has 4 nitrogen and oxygen atoms in total.